The van der Waals surface area contributed by atoms with Crippen LogP contribution < -0.4 is 0 Å². The Kier molecular flexibility index (Phi) is 7.49. The molecule has 0 saturated heterocycles. The molecule has 0 bridgehead atoms. The van der Waals surface area contributed by atoms with Crippen LogP contribution in [-0.4, -0.2) is 4.83 Å². The molecule has 1 unspecified atom stereocenters. The highest BCUT2D eigenvalue weighted by molar-refractivity contribution is 9.09. The van der Waals surface area contributed by atoms with Gasteiger partial charge in [0.1, 0.15) is 0 Å². The third-order valence-electron chi connectivity index (χ3n) is 1.55. The summed E-state index contributed by atoms with van der Waals surface area (Å²) in [4.78, 5) is 0.713. The average Bonchev–Trinajstić information content (AvgIpc) is 1.97. The van der Waals surface area contributed by atoms with E-state index < -0.39 is 0 Å². The van der Waals surface area contributed by atoms with Gasteiger partial charge in [-0.2, -0.15) is 0 Å². The van der Waals surface area contributed by atoms with E-state index in [0.29, 0.717) is 4.83 Å². The van der Waals surface area contributed by atoms with Gasteiger partial charge in [0.2, 0.25) is 0 Å². The van der Waals surface area contributed by atoms with Gasteiger partial charge in [0.15, 0.2) is 0 Å². The van der Waals surface area contributed by atoms with Gasteiger partial charge in [-0.15, -0.1) is 6.58 Å². The van der Waals surface area contributed by atoms with Gasteiger partial charge in [0, 0.05) is 4.83 Å². The molecule has 1 heteroatoms. The second-order valence-corrected chi connectivity index (χ2v) is 3.90. The van der Waals surface area contributed by atoms with E-state index in [1.54, 1.807) is 0 Å². The smallest absolute Gasteiger partial charge is 0.0148 e. The summed E-state index contributed by atoms with van der Waals surface area (Å²) in [6, 6.07) is 0. The lowest BCUT2D eigenvalue weighted by molar-refractivity contribution is 0.660. The summed E-state index contributed by atoms with van der Waals surface area (Å²) in [5, 5.41) is 0. The third-order valence-corrected chi connectivity index (χ3v) is 2.47. The lowest BCUT2D eigenvalue weighted by Gasteiger charge is -2.05. The Hall–Kier alpha value is 0.220. The third kappa shape index (κ3) is 6.34. The summed E-state index contributed by atoms with van der Waals surface area (Å²) in [5.74, 6) is 0. The van der Waals surface area contributed by atoms with E-state index in [-0.39, 0.29) is 0 Å². The van der Waals surface area contributed by atoms with Crippen LogP contribution in [0.1, 0.15) is 39.0 Å². The largest absolute Gasteiger partial charge is 0.103 e. The predicted molar refractivity (Wildman–Crippen MR) is 51.7 cm³/mol. The summed E-state index contributed by atoms with van der Waals surface area (Å²) in [6.45, 7) is 5.92. The van der Waals surface area contributed by atoms with Crippen LogP contribution in [0.3, 0.4) is 0 Å². The van der Waals surface area contributed by atoms with Crippen LogP contribution in [0, 0.1) is 0 Å². The first-order valence-electron chi connectivity index (χ1n) is 4.06. The zero-order chi connectivity index (χ0) is 7.82. The van der Waals surface area contributed by atoms with Gasteiger partial charge in [-0.25, -0.2) is 0 Å². The molecule has 0 saturated carbocycles. The maximum absolute atomic E-state index is 3.69. The van der Waals surface area contributed by atoms with Crippen LogP contribution in [-0.2, 0) is 0 Å². The monoisotopic (exact) mass is 204 g/mol. The normalized spacial score (nSPS) is 13.0. The van der Waals surface area contributed by atoms with Crippen molar-refractivity contribution in [1.29, 1.82) is 0 Å². The van der Waals surface area contributed by atoms with Gasteiger partial charge in [0.05, 0.1) is 0 Å². The summed E-state index contributed by atoms with van der Waals surface area (Å²) >= 11 is 3.63. The Labute approximate surface area is 72.8 Å². The van der Waals surface area contributed by atoms with Crippen molar-refractivity contribution in [3.8, 4) is 0 Å². The second-order valence-electron chi connectivity index (χ2n) is 2.61. The van der Waals surface area contributed by atoms with Crippen molar-refractivity contribution in [3.63, 3.8) is 0 Å². The zero-order valence-electron chi connectivity index (χ0n) is 6.78. The number of rotatable bonds is 6. The number of alkyl halides is 1. The molecule has 0 aromatic heterocycles. The average molecular weight is 205 g/mol. The molecule has 0 fully saturated rings. The quantitative estimate of drug-likeness (QED) is 0.455. The lowest BCUT2D eigenvalue weighted by Crippen LogP contribution is -1.95. The minimum absolute atomic E-state index is 0.713. The molecular formula is C9H17Br. The van der Waals surface area contributed by atoms with Gasteiger partial charge in [-0.3, -0.25) is 0 Å². The first-order chi connectivity index (χ1) is 4.81. The van der Waals surface area contributed by atoms with Crippen molar-refractivity contribution < 1.29 is 0 Å². The fourth-order valence-electron chi connectivity index (χ4n) is 0.869. The number of unbranched alkanes of at least 4 members (excludes halogenated alkanes) is 1. The summed E-state index contributed by atoms with van der Waals surface area (Å²) < 4.78 is 0. The van der Waals surface area contributed by atoms with Gasteiger partial charge in [-0.05, 0) is 19.3 Å². The number of hydrogen-bond donors (Lipinski definition) is 0. The SMILES string of the molecule is C=CCCC(Br)CCCC. The number of allylic oxidation sites excluding steroid dienone is 1. The van der Waals surface area contributed by atoms with Crippen molar-refractivity contribution in [2.24, 2.45) is 0 Å². The van der Waals surface area contributed by atoms with Gasteiger partial charge >= 0.3 is 0 Å². The van der Waals surface area contributed by atoms with Crippen molar-refractivity contribution in [1.82, 2.24) is 0 Å². The molecule has 0 aromatic carbocycles. The molecule has 0 aromatic rings. The van der Waals surface area contributed by atoms with E-state index >= 15 is 0 Å². The van der Waals surface area contributed by atoms with Crippen LogP contribution in [0.5, 0.6) is 0 Å². The topological polar surface area (TPSA) is 0 Å². The van der Waals surface area contributed by atoms with E-state index in [1.807, 2.05) is 6.08 Å². The molecule has 60 valence electrons. The van der Waals surface area contributed by atoms with Gasteiger partial charge < -0.3 is 0 Å². The van der Waals surface area contributed by atoms with Crippen molar-refractivity contribution >= 4 is 15.9 Å². The molecule has 0 aliphatic rings. The second kappa shape index (κ2) is 7.33. The lowest BCUT2D eigenvalue weighted by atomic mass is 10.1. The highest BCUT2D eigenvalue weighted by Crippen LogP contribution is 2.15. The maximum Gasteiger partial charge on any atom is 0.0148 e. The highest BCUT2D eigenvalue weighted by Gasteiger charge is 2.00. The standard InChI is InChI=1S/C9H17Br/c1-3-5-7-9(10)8-6-4-2/h3,9H,1,4-8H2,2H3. The summed E-state index contributed by atoms with van der Waals surface area (Å²) in [7, 11) is 0. The first-order valence-corrected chi connectivity index (χ1v) is 4.97. The Bertz CT molecular complexity index is 78.8. The van der Waals surface area contributed by atoms with Gasteiger partial charge in [-0.1, -0.05) is 41.8 Å². The molecule has 0 nitrogen and oxygen atoms in total. The summed E-state index contributed by atoms with van der Waals surface area (Å²) in [6.07, 6.45) is 8.32. The van der Waals surface area contributed by atoms with E-state index in [9.17, 15) is 0 Å². The van der Waals surface area contributed by atoms with Crippen LogP contribution in [0.25, 0.3) is 0 Å². The minimum atomic E-state index is 0.713. The molecule has 0 heterocycles. The minimum Gasteiger partial charge on any atom is -0.103 e. The van der Waals surface area contributed by atoms with Crippen molar-refractivity contribution in [2.45, 2.75) is 43.9 Å². The molecular weight excluding hydrogens is 188 g/mol. The molecule has 0 aliphatic heterocycles. The summed E-state index contributed by atoms with van der Waals surface area (Å²) in [5.41, 5.74) is 0. The fourth-order valence-corrected chi connectivity index (χ4v) is 1.46. The van der Waals surface area contributed by atoms with Gasteiger partial charge in [0.25, 0.3) is 0 Å². The van der Waals surface area contributed by atoms with Crippen molar-refractivity contribution in [2.75, 3.05) is 0 Å². The van der Waals surface area contributed by atoms with Crippen LogP contribution in [0.4, 0.5) is 0 Å². The molecule has 0 aliphatic carbocycles. The Morgan fingerprint density at radius 1 is 1.50 bits per heavy atom. The van der Waals surface area contributed by atoms with Crippen LogP contribution in [0.15, 0.2) is 12.7 Å². The number of hydrogen-bond acceptors (Lipinski definition) is 0. The molecule has 0 amide bonds. The Morgan fingerprint density at radius 2 is 2.20 bits per heavy atom. The van der Waals surface area contributed by atoms with E-state index in [0.717, 1.165) is 6.42 Å². The molecule has 0 N–H and O–H groups in total. The van der Waals surface area contributed by atoms with E-state index in [4.69, 9.17) is 0 Å². The number of halogens is 1. The highest BCUT2D eigenvalue weighted by atomic mass is 79.9. The molecule has 0 radical (unpaired) electrons. The first kappa shape index (κ1) is 10.2. The van der Waals surface area contributed by atoms with Crippen LogP contribution >= 0.6 is 15.9 Å². The molecule has 1 atom stereocenters. The Balaban J connectivity index is 3.07. The molecule has 0 spiro atoms. The fraction of sp³-hybridized carbons (Fsp3) is 0.778. The van der Waals surface area contributed by atoms with Crippen LogP contribution in [0.2, 0.25) is 0 Å². The Morgan fingerprint density at radius 3 is 2.70 bits per heavy atom. The zero-order valence-corrected chi connectivity index (χ0v) is 8.36. The van der Waals surface area contributed by atoms with E-state index in [2.05, 4.69) is 29.4 Å². The maximum atomic E-state index is 3.69. The van der Waals surface area contributed by atoms with E-state index in [1.165, 1.54) is 25.7 Å². The van der Waals surface area contributed by atoms with Crippen molar-refractivity contribution in [3.05, 3.63) is 12.7 Å². The molecule has 10 heavy (non-hydrogen) atoms. The molecule has 0 rings (SSSR count). The predicted octanol–water partition coefficient (Wildman–Crippen LogP) is 3.91.